The summed E-state index contributed by atoms with van der Waals surface area (Å²) >= 11 is 5.13. The molecule has 0 amide bonds. The minimum atomic E-state index is -1.39. The van der Waals surface area contributed by atoms with E-state index in [1.165, 1.54) is 6.92 Å². The molecule has 1 nitrogen and oxygen atoms in total. The van der Waals surface area contributed by atoms with Crippen LogP contribution in [-0.2, 0) is 0 Å². The highest BCUT2D eigenvalue weighted by atomic mass is 35.5. The third-order valence-electron chi connectivity index (χ3n) is 1.62. The summed E-state index contributed by atoms with van der Waals surface area (Å²) in [5.74, 6) is -3.59. The van der Waals surface area contributed by atoms with Crippen molar-refractivity contribution in [3.8, 4) is 0 Å². The molecule has 5 heteroatoms. The monoisotopic (exact) mass is 209 g/mol. The molecule has 0 aliphatic rings. The van der Waals surface area contributed by atoms with Crippen molar-refractivity contribution in [1.29, 1.82) is 0 Å². The van der Waals surface area contributed by atoms with Crippen LogP contribution in [0.2, 0.25) is 5.02 Å². The predicted molar refractivity (Wildman–Crippen MR) is 43.9 cm³/mol. The van der Waals surface area contributed by atoms with Crippen LogP contribution < -0.4 is 5.73 Å². The van der Waals surface area contributed by atoms with Crippen LogP contribution in [0.4, 0.5) is 13.2 Å². The average molecular weight is 210 g/mol. The molecule has 0 heterocycles. The average Bonchev–Trinajstić information content (AvgIpc) is 2.07. The Labute approximate surface area is 78.3 Å². The predicted octanol–water partition coefficient (Wildman–Crippen LogP) is 2.78. The molecule has 13 heavy (non-hydrogen) atoms. The van der Waals surface area contributed by atoms with Crippen LogP contribution >= 0.6 is 11.6 Å². The van der Waals surface area contributed by atoms with Gasteiger partial charge in [-0.15, -0.1) is 0 Å². The van der Waals surface area contributed by atoms with Gasteiger partial charge in [-0.1, -0.05) is 11.6 Å². The second-order valence-electron chi connectivity index (χ2n) is 2.68. The molecule has 0 aliphatic heterocycles. The van der Waals surface area contributed by atoms with Crippen molar-refractivity contribution in [3.05, 3.63) is 34.1 Å². The van der Waals surface area contributed by atoms with Crippen molar-refractivity contribution < 1.29 is 13.2 Å². The van der Waals surface area contributed by atoms with Gasteiger partial charge in [-0.2, -0.15) is 0 Å². The Kier molecular flexibility index (Phi) is 2.83. The summed E-state index contributed by atoms with van der Waals surface area (Å²) in [6.45, 7) is 1.42. The number of benzene rings is 1. The van der Waals surface area contributed by atoms with Crippen molar-refractivity contribution in [2.75, 3.05) is 0 Å². The molecule has 0 saturated heterocycles. The first-order valence-electron chi connectivity index (χ1n) is 3.53. The number of nitrogens with two attached hydrogens (primary N) is 1. The Hall–Kier alpha value is -0.740. The molecule has 1 atom stereocenters. The molecule has 1 aromatic carbocycles. The van der Waals surface area contributed by atoms with Gasteiger partial charge in [0.1, 0.15) is 10.8 Å². The molecule has 0 bridgehead atoms. The Morgan fingerprint density at radius 1 is 1.31 bits per heavy atom. The number of hydrogen-bond donors (Lipinski definition) is 1. The molecule has 0 fully saturated rings. The zero-order valence-electron chi connectivity index (χ0n) is 6.74. The lowest BCUT2D eigenvalue weighted by Gasteiger charge is -2.08. The molecule has 0 saturated carbocycles. The highest BCUT2D eigenvalue weighted by molar-refractivity contribution is 6.30. The van der Waals surface area contributed by atoms with Crippen LogP contribution in [0, 0.1) is 17.5 Å². The van der Waals surface area contributed by atoms with E-state index in [0.717, 1.165) is 6.07 Å². The minimum Gasteiger partial charge on any atom is -0.324 e. The van der Waals surface area contributed by atoms with Crippen molar-refractivity contribution in [3.63, 3.8) is 0 Å². The molecule has 1 unspecified atom stereocenters. The van der Waals surface area contributed by atoms with E-state index in [0.29, 0.717) is 0 Å². The highest BCUT2D eigenvalue weighted by Crippen LogP contribution is 2.26. The summed E-state index contributed by atoms with van der Waals surface area (Å²) in [6.07, 6.45) is 0. The van der Waals surface area contributed by atoms with E-state index in [1.807, 2.05) is 0 Å². The second-order valence-corrected chi connectivity index (χ2v) is 3.06. The zero-order valence-corrected chi connectivity index (χ0v) is 7.50. The molecule has 0 radical (unpaired) electrons. The number of rotatable bonds is 1. The minimum absolute atomic E-state index is 0.223. The normalized spacial score (nSPS) is 13.1. The summed E-state index contributed by atoms with van der Waals surface area (Å²) in [5, 5.41) is -0.845. The van der Waals surface area contributed by atoms with Gasteiger partial charge in [0.2, 0.25) is 0 Å². The van der Waals surface area contributed by atoms with Crippen molar-refractivity contribution in [1.82, 2.24) is 0 Å². The van der Waals surface area contributed by atoms with Crippen LogP contribution in [0.1, 0.15) is 18.5 Å². The van der Waals surface area contributed by atoms with E-state index in [9.17, 15) is 13.2 Å². The first-order valence-corrected chi connectivity index (χ1v) is 3.91. The largest absolute Gasteiger partial charge is 0.324 e. The fourth-order valence-electron chi connectivity index (χ4n) is 0.922. The van der Waals surface area contributed by atoms with Crippen molar-refractivity contribution in [2.24, 2.45) is 5.73 Å². The Bertz CT molecular complexity index is 339. The van der Waals surface area contributed by atoms with Gasteiger partial charge >= 0.3 is 0 Å². The summed E-state index contributed by atoms with van der Waals surface area (Å²) < 4.78 is 38.6. The van der Waals surface area contributed by atoms with Crippen LogP contribution in [0.25, 0.3) is 0 Å². The van der Waals surface area contributed by atoms with E-state index in [1.54, 1.807) is 0 Å². The fourth-order valence-corrected chi connectivity index (χ4v) is 1.06. The van der Waals surface area contributed by atoms with E-state index in [4.69, 9.17) is 17.3 Å². The van der Waals surface area contributed by atoms with E-state index >= 15 is 0 Å². The summed E-state index contributed by atoms with van der Waals surface area (Å²) in [4.78, 5) is 0. The van der Waals surface area contributed by atoms with Crippen LogP contribution in [0.5, 0.6) is 0 Å². The standard InChI is InChI=1S/C8H7ClF3N/c1-3(13)4-2-5(10)6(9)8(12)7(4)11/h2-3H,13H2,1H3. The third kappa shape index (κ3) is 1.78. The summed E-state index contributed by atoms with van der Waals surface area (Å²) in [5.41, 5.74) is 5.06. The van der Waals surface area contributed by atoms with Gasteiger partial charge in [-0.25, -0.2) is 13.2 Å². The Morgan fingerprint density at radius 3 is 2.31 bits per heavy atom. The molecule has 0 aromatic heterocycles. The smallest absolute Gasteiger partial charge is 0.180 e. The van der Waals surface area contributed by atoms with Gasteiger partial charge in [0.05, 0.1) is 0 Å². The summed E-state index contributed by atoms with van der Waals surface area (Å²) in [7, 11) is 0. The molecule has 0 aliphatic carbocycles. The fraction of sp³-hybridized carbons (Fsp3) is 0.250. The molecule has 72 valence electrons. The van der Waals surface area contributed by atoms with Crippen LogP contribution in [0.3, 0.4) is 0 Å². The lowest BCUT2D eigenvalue weighted by molar-refractivity contribution is 0.478. The Balaban J connectivity index is 3.41. The highest BCUT2D eigenvalue weighted by Gasteiger charge is 2.18. The van der Waals surface area contributed by atoms with Crippen molar-refractivity contribution >= 4 is 11.6 Å². The van der Waals surface area contributed by atoms with Gasteiger partial charge in [0.25, 0.3) is 0 Å². The summed E-state index contributed by atoms with van der Waals surface area (Å²) in [6, 6.07) is 0.0204. The molecular formula is C8H7ClF3N. The number of hydrogen-bond acceptors (Lipinski definition) is 1. The van der Waals surface area contributed by atoms with Crippen molar-refractivity contribution in [2.45, 2.75) is 13.0 Å². The van der Waals surface area contributed by atoms with Crippen LogP contribution in [0.15, 0.2) is 6.07 Å². The maximum Gasteiger partial charge on any atom is 0.180 e. The van der Waals surface area contributed by atoms with Gasteiger partial charge < -0.3 is 5.73 Å². The molecule has 1 rings (SSSR count). The van der Waals surface area contributed by atoms with E-state index in [-0.39, 0.29) is 5.56 Å². The SMILES string of the molecule is CC(N)c1cc(F)c(Cl)c(F)c1F. The van der Waals surface area contributed by atoms with E-state index in [2.05, 4.69) is 0 Å². The van der Waals surface area contributed by atoms with Gasteiger partial charge in [0, 0.05) is 11.6 Å². The molecule has 0 spiro atoms. The maximum absolute atomic E-state index is 13.0. The first kappa shape index (κ1) is 10.3. The number of halogens is 4. The quantitative estimate of drug-likeness (QED) is 0.559. The lowest BCUT2D eigenvalue weighted by atomic mass is 10.1. The van der Waals surface area contributed by atoms with Gasteiger partial charge in [-0.05, 0) is 13.0 Å². The third-order valence-corrected chi connectivity index (χ3v) is 1.97. The zero-order chi connectivity index (χ0) is 10.2. The maximum atomic E-state index is 13.0. The van der Waals surface area contributed by atoms with Gasteiger partial charge in [0.15, 0.2) is 11.6 Å². The first-order chi connectivity index (χ1) is 5.95. The molecular weight excluding hydrogens is 203 g/mol. The second kappa shape index (κ2) is 3.55. The van der Waals surface area contributed by atoms with Gasteiger partial charge in [-0.3, -0.25) is 0 Å². The molecule has 1 aromatic rings. The Morgan fingerprint density at radius 2 is 1.85 bits per heavy atom. The topological polar surface area (TPSA) is 26.0 Å². The molecule has 2 N–H and O–H groups in total. The lowest BCUT2D eigenvalue weighted by Crippen LogP contribution is -2.10. The van der Waals surface area contributed by atoms with Crippen LogP contribution in [-0.4, -0.2) is 0 Å². The van der Waals surface area contributed by atoms with E-state index < -0.39 is 28.5 Å².